The van der Waals surface area contributed by atoms with Gasteiger partial charge in [0.2, 0.25) is 0 Å². The van der Waals surface area contributed by atoms with Crippen molar-refractivity contribution in [3.63, 3.8) is 0 Å². The molecule has 0 aliphatic carbocycles. The molecule has 1 aromatic heterocycles. The summed E-state index contributed by atoms with van der Waals surface area (Å²) in [4.78, 5) is 17.3. The lowest BCUT2D eigenvalue weighted by Crippen LogP contribution is -2.11. The molecule has 0 atom stereocenters. The van der Waals surface area contributed by atoms with Gasteiger partial charge in [0.25, 0.3) is 5.91 Å². The predicted molar refractivity (Wildman–Crippen MR) is 123 cm³/mol. The molecule has 31 heavy (non-hydrogen) atoms. The fourth-order valence-electron chi connectivity index (χ4n) is 3.55. The Bertz CT molecular complexity index is 1320. The molecule has 1 N–H and O–H groups in total. The van der Waals surface area contributed by atoms with E-state index >= 15 is 0 Å². The van der Waals surface area contributed by atoms with Crippen molar-refractivity contribution >= 4 is 22.7 Å². The zero-order valence-electron chi connectivity index (χ0n) is 16.8. The van der Waals surface area contributed by atoms with Crippen molar-refractivity contribution in [2.45, 2.75) is 6.42 Å². The van der Waals surface area contributed by atoms with Crippen LogP contribution in [0.2, 0.25) is 0 Å². The van der Waals surface area contributed by atoms with E-state index in [2.05, 4.69) is 10.3 Å². The normalized spacial score (nSPS) is 10.8. The Labute approximate surface area is 180 Å². The van der Waals surface area contributed by atoms with Gasteiger partial charge < -0.3 is 9.73 Å². The van der Waals surface area contributed by atoms with Crippen molar-refractivity contribution < 1.29 is 9.21 Å². The molecule has 0 unspecified atom stereocenters. The number of anilines is 1. The average molecular weight is 404 g/mol. The van der Waals surface area contributed by atoms with E-state index in [9.17, 15) is 4.79 Å². The summed E-state index contributed by atoms with van der Waals surface area (Å²) >= 11 is 0. The molecular weight excluding hydrogens is 384 g/mol. The van der Waals surface area contributed by atoms with Crippen LogP contribution in [0.4, 0.5) is 5.69 Å². The first-order valence-electron chi connectivity index (χ1n) is 10.1. The molecule has 0 bridgehead atoms. The van der Waals surface area contributed by atoms with E-state index in [1.54, 1.807) is 0 Å². The highest BCUT2D eigenvalue weighted by Gasteiger charge is 2.10. The smallest absolute Gasteiger partial charge is 0.255 e. The molecule has 4 aromatic carbocycles. The fourth-order valence-corrected chi connectivity index (χ4v) is 3.55. The highest BCUT2D eigenvalue weighted by atomic mass is 16.3. The van der Waals surface area contributed by atoms with Gasteiger partial charge in [-0.3, -0.25) is 4.79 Å². The SMILES string of the molecule is O=C(Nc1ccc2oc(Cc3ccccc3)nc2c1)c1ccc(-c2ccccc2)cc1. The zero-order chi connectivity index (χ0) is 21.0. The van der Waals surface area contributed by atoms with E-state index in [1.165, 1.54) is 0 Å². The van der Waals surface area contributed by atoms with E-state index in [0.717, 1.165) is 22.2 Å². The molecule has 1 heterocycles. The minimum absolute atomic E-state index is 0.160. The molecule has 4 nitrogen and oxygen atoms in total. The van der Waals surface area contributed by atoms with Crippen LogP contribution in [0, 0.1) is 0 Å². The molecule has 4 heteroatoms. The van der Waals surface area contributed by atoms with Gasteiger partial charge in [-0.2, -0.15) is 0 Å². The highest BCUT2D eigenvalue weighted by molar-refractivity contribution is 6.05. The molecule has 0 aliphatic rings. The Morgan fingerprint density at radius 2 is 1.45 bits per heavy atom. The largest absolute Gasteiger partial charge is 0.440 e. The summed E-state index contributed by atoms with van der Waals surface area (Å²) in [7, 11) is 0. The number of hydrogen-bond acceptors (Lipinski definition) is 3. The fraction of sp³-hybridized carbons (Fsp3) is 0.0370. The number of hydrogen-bond donors (Lipinski definition) is 1. The minimum Gasteiger partial charge on any atom is -0.440 e. The average Bonchev–Trinajstić information content (AvgIpc) is 3.22. The second-order valence-electron chi connectivity index (χ2n) is 7.35. The number of benzene rings is 4. The third-order valence-electron chi connectivity index (χ3n) is 5.14. The van der Waals surface area contributed by atoms with Gasteiger partial charge in [-0.05, 0) is 47.0 Å². The van der Waals surface area contributed by atoms with Crippen LogP contribution in [0.3, 0.4) is 0 Å². The number of carbonyl (C=O) groups excluding carboxylic acids is 1. The van der Waals surface area contributed by atoms with Crippen molar-refractivity contribution in [3.05, 3.63) is 120 Å². The molecular formula is C27H20N2O2. The Morgan fingerprint density at radius 3 is 2.19 bits per heavy atom. The second-order valence-corrected chi connectivity index (χ2v) is 7.35. The van der Waals surface area contributed by atoms with Gasteiger partial charge >= 0.3 is 0 Å². The van der Waals surface area contributed by atoms with Crippen LogP contribution in [0.15, 0.2) is 108 Å². The quantitative estimate of drug-likeness (QED) is 0.372. The Balaban J connectivity index is 1.31. The van der Waals surface area contributed by atoms with E-state index in [1.807, 2.05) is 103 Å². The van der Waals surface area contributed by atoms with Crippen LogP contribution < -0.4 is 5.32 Å². The van der Waals surface area contributed by atoms with Crippen LogP contribution in [-0.2, 0) is 6.42 Å². The molecule has 0 spiro atoms. The summed E-state index contributed by atoms with van der Waals surface area (Å²) in [6, 6.07) is 33.3. The van der Waals surface area contributed by atoms with Crippen molar-refractivity contribution in [1.82, 2.24) is 4.98 Å². The maximum absolute atomic E-state index is 12.7. The number of rotatable bonds is 5. The summed E-state index contributed by atoms with van der Waals surface area (Å²) in [5.41, 5.74) is 6.05. The molecule has 0 fully saturated rings. The van der Waals surface area contributed by atoms with Crippen molar-refractivity contribution in [2.24, 2.45) is 0 Å². The van der Waals surface area contributed by atoms with Gasteiger partial charge in [0.1, 0.15) is 5.52 Å². The maximum atomic E-state index is 12.7. The van der Waals surface area contributed by atoms with Crippen LogP contribution >= 0.6 is 0 Å². The lowest BCUT2D eigenvalue weighted by molar-refractivity contribution is 0.102. The number of nitrogens with one attached hydrogen (secondary N) is 1. The van der Waals surface area contributed by atoms with Crippen LogP contribution in [0.1, 0.15) is 21.8 Å². The third-order valence-corrected chi connectivity index (χ3v) is 5.14. The van der Waals surface area contributed by atoms with Crippen LogP contribution in [-0.4, -0.2) is 10.9 Å². The highest BCUT2D eigenvalue weighted by Crippen LogP contribution is 2.23. The molecule has 5 rings (SSSR count). The predicted octanol–water partition coefficient (Wildman–Crippen LogP) is 6.34. The van der Waals surface area contributed by atoms with E-state index in [4.69, 9.17) is 4.42 Å². The number of carbonyl (C=O) groups is 1. The van der Waals surface area contributed by atoms with Crippen molar-refractivity contribution in [3.8, 4) is 11.1 Å². The first-order valence-corrected chi connectivity index (χ1v) is 10.1. The van der Waals surface area contributed by atoms with Gasteiger partial charge in [-0.15, -0.1) is 0 Å². The number of oxazole rings is 1. The molecule has 0 radical (unpaired) electrons. The van der Waals surface area contributed by atoms with E-state index in [0.29, 0.717) is 29.1 Å². The van der Waals surface area contributed by atoms with Gasteiger partial charge in [0, 0.05) is 17.7 Å². The molecule has 1 amide bonds. The summed E-state index contributed by atoms with van der Waals surface area (Å²) < 4.78 is 5.85. The number of nitrogens with zero attached hydrogens (tertiary/aromatic N) is 1. The first kappa shape index (κ1) is 18.8. The number of amides is 1. The van der Waals surface area contributed by atoms with Crippen molar-refractivity contribution in [2.75, 3.05) is 5.32 Å². The maximum Gasteiger partial charge on any atom is 0.255 e. The monoisotopic (exact) mass is 404 g/mol. The number of fused-ring (bicyclic) bond motifs is 1. The first-order chi connectivity index (χ1) is 15.2. The zero-order valence-corrected chi connectivity index (χ0v) is 16.8. The molecule has 0 saturated carbocycles. The van der Waals surface area contributed by atoms with Crippen LogP contribution in [0.25, 0.3) is 22.2 Å². The summed E-state index contributed by atoms with van der Waals surface area (Å²) in [6.07, 6.45) is 0.630. The second kappa shape index (κ2) is 8.28. The minimum atomic E-state index is -0.160. The lowest BCUT2D eigenvalue weighted by atomic mass is 10.0. The number of aromatic nitrogens is 1. The Morgan fingerprint density at radius 1 is 0.774 bits per heavy atom. The topological polar surface area (TPSA) is 55.1 Å². The van der Waals surface area contributed by atoms with Gasteiger partial charge in [0.05, 0.1) is 0 Å². The van der Waals surface area contributed by atoms with Gasteiger partial charge in [-0.1, -0.05) is 72.8 Å². The third kappa shape index (κ3) is 4.23. The van der Waals surface area contributed by atoms with Crippen molar-refractivity contribution in [1.29, 1.82) is 0 Å². The standard InChI is InChI=1S/C27H20N2O2/c30-27(22-13-11-21(12-14-22)20-9-5-2-6-10-20)28-23-15-16-25-24(18-23)29-26(31-25)17-19-7-3-1-4-8-19/h1-16,18H,17H2,(H,28,30). The van der Waals surface area contributed by atoms with Gasteiger partial charge in [0.15, 0.2) is 11.5 Å². The summed E-state index contributed by atoms with van der Waals surface area (Å²) in [5.74, 6) is 0.494. The van der Waals surface area contributed by atoms with E-state index in [-0.39, 0.29) is 5.91 Å². The summed E-state index contributed by atoms with van der Waals surface area (Å²) in [5, 5.41) is 2.95. The molecule has 0 saturated heterocycles. The molecule has 5 aromatic rings. The van der Waals surface area contributed by atoms with E-state index < -0.39 is 0 Å². The van der Waals surface area contributed by atoms with Crippen LogP contribution in [0.5, 0.6) is 0 Å². The lowest BCUT2D eigenvalue weighted by Gasteiger charge is -2.06. The van der Waals surface area contributed by atoms with Gasteiger partial charge in [-0.25, -0.2) is 4.98 Å². The molecule has 0 aliphatic heterocycles. The Hall–Kier alpha value is -4.18. The summed E-state index contributed by atoms with van der Waals surface area (Å²) in [6.45, 7) is 0. The molecule has 150 valence electrons. The Kier molecular flexibility index (Phi) is 5.03.